The van der Waals surface area contributed by atoms with E-state index in [0.717, 1.165) is 0 Å². The van der Waals surface area contributed by atoms with E-state index in [4.69, 9.17) is 9.88 Å². The predicted octanol–water partition coefficient (Wildman–Crippen LogP) is 1.45. The molecule has 0 saturated carbocycles. The van der Waals surface area contributed by atoms with Gasteiger partial charge in [-0.3, -0.25) is 0 Å². The summed E-state index contributed by atoms with van der Waals surface area (Å²) < 4.78 is 53.5. The molecule has 30 heavy (non-hydrogen) atoms. The van der Waals surface area contributed by atoms with Crippen molar-refractivity contribution < 1.29 is 36.3 Å². The molecule has 0 radical (unpaired) electrons. The monoisotopic (exact) mass is 485 g/mol. The molecule has 1 amide bonds. The molecule has 3 atom stereocenters. The Morgan fingerprint density at radius 1 is 1.47 bits per heavy atom. The maximum absolute atomic E-state index is 12.7. The Bertz CT molecular complexity index is 1020. The molecular formula is C15H23N3O9S3. The maximum Gasteiger partial charge on any atom is 0.410 e. The van der Waals surface area contributed by atoms with E-state index in [2.05, 4.69) is 4.84 Å². The molecule has 0 spiro atoms. The molecule has 1 aromatic rings. The van der Waals surface area contributed by atoms with Crippen LogP contribution in [0.2, 0.25) is 0 Å². The molecule has 0 saturated heterocycles. The van der Waals surface area contributed by atoms with Crippen LogP contribution in [0.5, 0.6) is 0 Å². The number of carbonyl (C=O) groups is 1. The van der Waals surface area contributed by atoms with E-state index in [9.17, 15) is 31.7 Å². The SMILES string of the molecule is CCC(COC(=O)N(CC)[C@H]1CC(C)S(=O)(=O)c2sc(S(N)(=O)=O)cc21)O[N+](=O)[O-]. The second-order valence-corrected chi connectivity index (χ2v) is 12.1. The van der Waals surface area contributed by atoms with Gasteiger partial charge in [-0.2, -0.15) is 0 Å². The molecule has 0 bridgehead atoms. The predicted molar refractivity (Wildman–Crippen MR) is 106 cm³/mol. The Kier molecular flexibility index (Phi) is 7.32. The Morgan fingerprint density at radius 3 is 2.60 bits per heavy atom. The number of amides is 1. The van der Waals surface area contributed by atoms with Crippen LogP contribution in [-0.4, -0.2) is 57.4 Å². The number of sulfonamides is 1. The van der Waals surface area contributed by atoms with Crippen LogP contribution in [0.1, 0.15) is 45.2 Å². The van der Waals surface area contributed by atoms with Gasteiger partial charge in [0.1, 0.15) is 21.1 Å². The van der Waals surface area contributed by atoms with E-state index in [1.807, 2.05) is 0 Å². The average Bonchev–Trinajstić information content (AvgIpc) is 3.10. The van der Waals surface area contributed by atoms with Gasteiger partial charge in [-0.25, -0.2) is 26.8 Å². The van der Waals surface area contributed by atoms with Gasteiger partial charge in [0.2, 0.25) is 10.0 Å². The number of ether oxygens (including phenoxy) is 1. The van der Waals surface area contributed by atoms with Crippen LogP contribution in [0.4, 0.5) is 4.79 Å². The summed E-state index contributed by atoms with van der Waals surface area (Å²) in [5.74, 6) is 0. The number of fused-ring (bicyclic) bond motifs is 1. The summed E-state index contributed by atoms with van der Waals surface area (Å²) in [6.45, 7) is 4.50. The summed E-state index contributed by atoms with van der Waals surface area (Å²) in [4.78, 5) is 28.8. The van der Waals surface area contributed by atoms with Crippen molar-refractivity contribution in [3.8, 4) is 0 Å². The van der Waals surface area contributed by atoms with Gasteiger partial charge in [-0.1, -0.05) is 6.92 Å². The number of hydrogen-bond donors (Lipinski definition) is 1. The second kappa shape index (κ2) is 9.03. The third-order valence-electron chi connectivity index (χ3n) is 4.72. The van der Waals surface area contributed by atoms with Crippen molar-refractivity contribution >= 4 is 37.3 Å². The van der Waals surface area contributed by atoms with Crippen LogP contribution >= 0.6 is 11.3 Å². The van der Waals surface area contributed by atoms with Crippen LogP contribution in [0.3, 0.4) is 0 Å². The molecule has 0 fully saturated rings. The zero-order chi connectivity index (χ0) is 22.9. The molecule has 0 aliphatic carbocycles. The summed E-state index contributed by atoms with van der Waals surface area (Å²) >= 11 is 0.550. The number of primary sulfonamides is 1. The van der Waals surface area contributed by atoms with E-state index >= 15 is 0 Å². The van der Waals surface area contributed by atoms with Gasteiger partial charge in [0.25, 0.3) is 5.09 Å². The molecule has 0 aromatic carbocycles. The molecule has 1 aliphatic rings. The van der Waals surface area contributed by atoms with Crippen LogP contribution in [-0.2, 0) is 29.4 Å². The van der Waals surface area contributed by atoms with Gasteiger partial charge in [-0.05, 0) is 32.8 Å². The maximum atomic E-state index is 12.7. The van der Waals surface area contributed by atoms with Crippen LogP contribution in [0, 0.1) is 10.1 Å². The zero-order valence-corrected chi connectivity index (χ0v) is 19.0. The van der Waals surface area contributed by atoms with Crippen molar-refractivity contribution in [1.29, 1.82) is 0 Å². The lowest BCUT2D eigenvalue weighted by Gasteiger charge is -2.35. The lowest BCUT2D eigenvalue weighted by Crippen LogP contribution is -2.41. The van der Waals surface area contributed by atoms with Gasteiger partial charge in [0.05, 0.1) is 11.3 Å². The fraction of sp³-hybridized carbons (Fsp3) is 0.667. The first-order chi connectivity index (χ1) is 13.8. The smallest absolute Gasteiger partial charge is 0.410 e. The Labute approximate surface area is 178 Å². The fourth-order valence-corrected chi connectivity index (χ4v) is 7.47. The molecule has 12 nitrogen and oxygen atoms in total. The quantitative estimate of drug-likeness (QED) is 0.421. The average molecular weight is 486 g/mol. The largest absolute Gasteiger partial charge is 0.447 e. The minimum atomic E-state index is -4.14. The zero-order valence-electron chi connectivity index (χ0n) is 16.5. The van der Waals surface area contributed by atoms with E-state index in [1.54, 1.807) is 13.8 Å². The van der Waals surface area contributed by atoms with Gasteiger partial charge in [-0.15, -0.1) is 21.5 Å². The minimum absolute atomic E-state index is 0.0294. The number of thiophene rings is 1. The highest BCUT2D eigenvalue weighted by Crippen LogP contribution is 2.45. The van der Waals surface area contributed by atoms with Gasteiger partial charge in [0.15, 0.2) is 9.84 Å². The lowest BCUT2D eigenvalue weighted by atomic mass is 10.0. The highest BCUT2D eigenvalue weighted by molar-refractivity contribution is 7.95. The van der Waals surface area contributed by atoms with Crippen molar-refractivity contribution in [2.24, 2.45) is 5.14 Å². The molecule has 1 aromatic heterocycles. The standard InChI is InChI=1S/C15H23N3O9S3/c1-4-10(27-18(20)21)8-26-15(19)17(5-2)12-6-9(3)29(22,23)14-11(12)7-13(28-14)30(16,24)25/h7,9-10,12H,4-6,8H2,1-3H3,(H2,16,24,25)/t9?,10?,12-/m0/s1. The molecule has 170 valence electrons. The molecule has 15 heteroatoms. The van der Waals surface area contributed by atoms with Crippen molar-refractivity contribution in [2.75, 3.05) is 13.2 Å². The van der Waals surface area contributed by atoms with Crippen LogP contribution in [0.25, 0.3) is 0 Å². The molecular weight excluding hydrogens is 462 g/mol. The Morgan fingerprint density at radius 2 is 2.10 bits per heavy atom. The molecule has 2 rings (SSSR count). The molecule has 1 aliphatic heterocycles. The first-order valence-electron chi connectivity index (χ1n) is 8.97. The topological polar surface area (TPSA) is 176 Å². The third-order valence-corrected chi connectivity index (χ3v) is 10.0. The van der Waals surface area contributed by atoms with E-state index in [1.165, 1.54) is 17.9 Å². The van der Waals surface area contributed by atoms with E-state index in [0.29, 0.717) is 11.3 Å². The van der Waals surface area contributed by atoms with Crippen molar-refractivity contribution in [1.82, 2.24) is 4.90 Å². The van der Waals surface area contributed by atoms with Gasteiger partial charge in [0, 0.05) is 12.1 Å². The van der Waals surface area contributed by atoms with Crippen molar-refractivity contribution in [3.05, 3.63) is 21.7 Å². The summed E-state index contributed by atoms with van der Waals surface area (Å²) in [7, 11) is -7.92. The Balaban J connectivity index is 2.35. The van der Waals surface area contributed by atoms with Gasteiger partial charge < -0.3 is 14.5 Å². The second-order valence-electron chi connectivity index (χ2n) is 6.68. The Hall–Kier alpha value is -1.97. The normalized spacial score (nSPS) is 21.3. The first-order valence-corrected chi connectivity index (χ1v) is 12.9. The summed E-state index contributed by atoms with van der Waals surface area (Å²) in [5.41, 5.74) is 0.162. The number of sulfone groups is 1. The third kappa shape index (κ3) is 5.01. The first kappa shape index (κ1) is 24.3. The lowest BCUT2D eigenvalue weighted by molar-refractivity contribution is -0.769. The number of hydrogen-bond acceptors (Lipinski definition) is 10. The van der Waals surface area contributed by atoms with Crippen LogP contribution in [0.15, 0.2) is 14.5 Å². The summed E-state index contributed by atoms with van der Waals surface area (Å²) in [6.07, 6.45) is -1.51. The fourth-order valence-electron chi connectivity index (χ4n) is 3.07. The van der Waals surface area contributed by atoms with Gasteiger partial charge >= 0.3 is 6.09 Å². The number of carbonyl (C=O) groups excluding carboxylic acids is 1. The minimum Gasteiger partial charge on any atom is -0.447 e. The highest BCUT2D eigenvalue weighted by Gasteiger charge is 2.43. The van der Waals surface area contributed by atoms with Crippen molar-refractivity contribution in [3.63, 3.8) is 0 Å². The number of rotatable bonds is 8. The summed E-state index contributed by atoms with van der Waals surface area (Å²) in [5, 5.41) is 13.8. The molecule has 2 heterocycles. The van der Waals surface area contributed by atoms with Crippen molar-refractivity contribution in [2.45, 2.75) is 59.4 Å². The molecule has 2 unspecified atom stereocenters. The summed E-state index contributed by atoms with van der Waals surface area (Å²) in [6, 6.07) is 0.406. The number of nitrogens with two attached hydrogens (primary N) is 1. The number of nitrogens with zero attached hydrogens (tertiary/aromatic N) is 2. The van der Waals surface area contributed by atoms with E-state index < -0.39 is 48.4 Å². The highest BCUT2D eigenvalue weighted by atomic mass is 32.3. The molecule has 2 N–H and O–H groups in total. The van der Waals surface area contributed by atoms with E-state index in [-0.39, 0.29) is 40.0 Å². The van der Waals surface area contributed by atoms with Crippen LogP contribution < -0.4 is 5.14 Å².